The maximum absolute atomic E-state index is 13.1. The van der Waals surface area contributed by atoms with Gasteiger partial charge in [-0.15, -0.1) is 0 Å². The Kier molecular flexibility index (Phi) is 14.0. The maximum atomic E-state index is 13.1. The summed E-state index contributed by atoms with van der Waals surface area (Å²) in [5.41, 5.74) is -0.288. The Morgan fingerprint density at radius 1 is 0.781 bits per heavy atom. The quantitative estimate of drug-likeness (QED) is 0.105. The number of hydrogen-bond donors (Lipinski definition) is 0. The number of hydrogen-bond acceptors (Lipinski definition) is 4. The van der Waals surface area contributed by atoms with Crippen LogP contribution in [0.3, 0.4) is 0 Å². The van der Waals surface area contributed by atoms with Crippen LogP contribution >= 0.6 is 0 Å². The molecule has 0 atom stereocenters. The molecule has 0 unspecified atom stereocenters. The smallest absolute Gasteiger partial charge is 0.328 e. The number of carbonyl (C=O) groups is 2. The van der Waals surface area contributed by atoms with Gasteiger partial charge in [0.05, 0.1) is 6.61 Å². The van der Waals surface area contributed by atoms with Gasteiger partial charge in [-0.2, -0.15) is 0 Å². The number of unbranched alkanes of at least 4 members (excludes halogenated alkanes) is 9. The van der Waals surface area contributed by atoms with Crippen molar-refractivity contribution in [1.29, 1.82) is 0 Å². The fraction of sp³-hybridized carbons (Fsp3) is 0.714. The number of benzene rings is 1. The first kappa shape index (κ1) is 28.2. The normalized spacial score (nSPS) is 11.6. The molecule has 0 aliphatic carbocycles. The van der Waals surface area contributed by atoms with Crippen LogP contribution in [0.5, 0.6) is 5.75 Å². The van der Waals surface area contributed by atoms with Gasteiger partial charge in [0.2, 0.25) is 0 Å². The molecule has 0 bridgehead atoms. The van der Waals surface area contributed by atoms with Crippen molar-refractivity contribution in [3.63, 3.8) is 0 Å². The van der Waals surface area contributed by atoms with Crippen molar-refractivity contribution in [2.75, 3.05) is 6.61 Å². The first-order chi connectivity index (χ1) is 15.4. The molecule has 0 aromatic heterocycles. The van der Waals surface area contributed by atoms with E-state index in [1.54, 1.807) is 6.07 Å². The van der Waals surface area contributed by atoms with Gasteiger partial charge in [0.25, 0.3) is 0 Å². The zero-order valence-corrected chi connectivity index (χ0v) is 21.2. The van der Waals surface area contributed by atoms with Crippen LogP contribution in [-0.4, -0.2) is 18.5 Å². The predicted octanol–water partition coefficient (Wildman–Crippen LogP) is 7.99. The van der Waals surface area contributed by atoms with Gasteiger partial charge in [-0.05, 0) is 36.8 Å². The van der Waals surface area contributed by atoms with Crippen LogP contribution in [0.4, 0.5) is 0 Å². The lowest BCUT2D eigenvalue weighted by molar-refractivity contribution is -0.168. The van der Waals surface area contributed by atoms with Gasteiger partial charge in [0.15, 0.2) is 5.41 Å². The Hall–Kier alpha value is -1.84. The topological polar surface area (TPSA) is 52.6 Å². The molecule has 0 N–H and O–H groups in total. The molecule has 1 aromatic carbocycles. The van der Waals surface area contributed by atoms with Crippen LogP contribution in [0, 0.1) is 5.41 Å². The summed E-state index contributed by atoms with van der Waals surface area (Å²) in [7, 11) is 0. The molecule has 0 amide bonds. The molecule has 0 saturated heterocycles. The van der Waals surface area contributed by atoms with E-state index in [4.69, 9.17) is 9.47 Å². The summed E-state index contributed by atoms with van der Waals surface area (Å²) in [4.78, 5) is 26.0. The molecule has 4 nitrogen and oxygen atoms in total. The third kappa shape index (κ3) is 8.96. The molecular formula is C28H46O4. The standard InChI is InChI=1S/C28H46O4/c1-6-9-10-11-12-13-14-15-16-19-22-31-26(29)28(7-2,8-3)27(30)32-25-21-18-17-20-24(25)23(4)5/h17-18,20-21,23H,6-16,19,22H2,1-5H3. The highest BCUT2D eigenvalue weighted by molar-refractivity contribution is 6.00. The molecule has 1 aromatic rings. The van der Waals surface area contributed by atoms with Crippen LogP contribution in [0.2, 0.25) is 0 Å². The molecule has 182 valence electrons. The molecule has 4 heteroatoms. The van der Waals surface area contributed by atoms with Crippen molar-refractivity contribution >= 4 is 11.9 Å². The SMILES string of the molecule is CCCCCCCCCCCCOC(=O)C(CC)(CC)C(=O)Oc1ccccc1C(C)C. The van der Waals surface area contributed by atoms with Gasteiger partial charge in [-0.1, -0.05) is 111 Å². The van der Waals surface area contributed by atoms with Crippen molar-refractivity contribution in [1.82, 2.24) is 0 Å². The fourth-order valence-electron chi connectivity index (χ4n) is 4.05. The zero-order chi connectivity index (χ0) is 23.8. The lowest BCUT2D eigenvalue weighted by Crippen LogP contribution is -2.42. The molecule has 0 spiro atoms. The summed E-state index contributed by atoms with van der Waals surface area (Å²) in [6.45, 7) is 10.4. The minimum absolute atomic E-state index is 0.222. The number of para-hydroxylation sites is 1. The fourth-order valence-corrected chi connectivity index (χ4v) is 4.05. The summed E-state index contributed by atoms with van der Waals surface area (Å²) in [5.74, 6) is -0.213. The summed E-state index contributed by atoms with van der Waals surface area (Å²) < 4.78 is 11.3. The van der Waals surface area contributed by atoms with Crippen molar-refractivity contribution < 1.29 is 19.1 Å². The van der Waals surface area contributed by atoms with E-state index in [1.165, 1.54) is 51.4 Å². The number of esters is 2. The third-order valence-electron chi connectivity index (χ3n) is 6.46. The summed E-state index contributed by atoms with van der Waals surface area (Å²) >= 11 is 0. The van der Waals surface area contributed by atoms with Crippen LogP contribution in [-0.2, 0) is 14.3 Å². The van der Waals surface area contributed by atoms with Gasteiger partial charge in [0.1, 0.15) is 5.75 Å². The van der Waals surface area contributed by atoms with Crippen LogP contribution in [0.1, 0.15) is 123 Å². The van der Waals surface area contributed by atoms with E-state index in [1.807, 2.05) is 32.0 Å². The Labute approximate surface area is 196 Å². The molecular weight excluding hydrogens is 400 g/mol. The van der Waals surface area contributed by atoms with E-state index in [2.05, 4.69) is 20.8 Å². The lowest BCUT2D eigenvalue weighted by Gasteiger charge is -2.27. The monoisotopic (exact) mass is 446 g/mol. The Bertz CT molecular complexity index is 661. The number of ether oxygens (including phenoxy) is 2. The van der Waals surface area contributed by atoms with Gasteiger partial charge < -0.3 is 9.47 Å². The summed E-state index contributed by atoms with van der Waals surface area (Å²) in [6, 6.07) is 7.52. The average Bonchev–Trinajstić information content (AvgIpc) is 2.79. The summed E-state index contributed by atoms with van der Waals surface area (Å²) in [6.07, 6.45) is 13.0. The van der Waals surface area contributed by atoms with Gasteiger partial charge in [-0.25, -0.2) is 0 Å². The van der Waals surface area contributed by atoms with E-state index >= 15 is 0 Å². The second-order valence-corrected chi connectivity index (χ2v) is 9.19. The second-order valence-electron chi connectivity index (χ2n) is 9.19. The maximum Gasteiger partial charge on any atom is 0.328 e. The number of carbonyl (C=O) groups excluding carboxylic acids is 2. The highest BCUT2D eigenvalue weighted by Gasteiger charge is 2.46. The molecule has 32 heavy (non-hydrogen) atoms. The molecule has 0 aliphatic heterocycles. The Balaban J connectivity index is 2.47. The van der Waals surface area contributed by atoms with Crippen molar-refractivity contribution in [2.24, 2.45) is 5.41 Å². The predicted molar refractivity (Wildman–Crippen MR) is 132 cm³/mol. The molecule has 0 radical (unpaired) electrons. The minimum Gasteiger partial charge on any atom is -0.465 e. The van der Waals surface area contributed by atoms with Crippen LogP contribution < -0.4 is 4.74 Å². The third-order valence-corrected chi connectivity index (χ3v) is 6.46. The van der Waals surface area contributed by atoms with Crippen LogP contribution in [0.25, 0.3) is 0 Å². The van der Waals surface area contributed by atoms with Crippen molar-refractivity contribution in [3.05, 3.63) is 29.8 Å². The first-order valence-corrected chi connectivity index (χ1v) is 12.9. The minimum atomic E-state index is -1.25. The van der Waals surface area contributed by atoms with Gasteiger partial charge in [-0.3, -0.25) is 9.59 Å². The highest BCUT2D eigenvalue weighted by Crippen LogP contribution is 2.33. The van der Waals surface area contributed by atoms with E-state index in [9.17, 15) is 9.59 Å². The Morgan fingerprint density at radius 2 is 1.31 bits per heavy atom. The van der Waals surface area contributed by atoms with Gasteiger partial charge in [0, 0.05) is 0 Å². The molecule has 0 heterocycles. The average molecular weight is 447 g/mol. The molecule has 0 aliphatic rings. The molecule has 0 fully saturated rings. The van der Waals surface area contributed by atoms with E-state index < -0.39 is 17.4 Å². The molecule has 1 rings (SSSR count). The second kappa shape index (κ2) is 15.9. The Morgan fingerprint density at radius 3 is 1.84 bits per heavy atom. The lowest BCUT2D eigenvalue weighted by atomic mass is 9.82. The van der Waals surface area contributed by atoms with Gasteiger partial charge >= 0.3 is 11.9 Å². The highest BCUT2D eigenvalue weighted by atomic mass is 16.6. The van der Waals surface area contributed by atoms with E-state index in [0.717, 1.165) is 18.4 Å². The molecule has 0 saturated carbocycles. The van der Waals surface area contributed by atoms with Crippen molar-refractivity contribution in [3.8, 4) is 5.75 Å². The number of rotatable bonds is 17. The first-order valence-electron chi connectivity index (χ1n) is 12.9. The largest absolute Gasteiger partial charge is 0.465 e. The van der Waals surface area contributed by atoms with E-state index in [0.29, 0.717) is 25.2 Å². The summed E-state index contributed by atoms with van der Waals surface area (Å²) in [5, 5.41) is 0. The zero-order valence-electron chi connectivity index (χ0n) is 21.2. The van der Waals surface area contributed by atoms with Crippen molar-refractivity contribution in [2.45, 2.75) is 118 Å². The van der Waals surface area contributed by atoms with E-state index in [-0.39, 0.29) is 5.92 Å². The van der Waals surface area contributed by atoms with Crippen LogP contribution in [0.15, 0.2) is 24.3 Å².